The third-order valence-corrected chi connectivity index (χ3v) is 5.01. The van der Waals surface area contributed by atoms with Gasteiger partial charge in [0.25, 0.3) is 0 Å². The number of piperidine rings is 1. The van der Waals surface area contributed by atoms with Gasteiger partial charge >= 0.3 is 0 Å². The molecule has 1 saturated carbocycles. The highest BCUT2D eigenvalue weighted by Crippen LogP contribution is 2.39. The Balaban J connectivity index is 1.69. The topological polar surface area (TPSA) is 61.3 Å². The van der Waals surface area contributed by atoms with Crippen LogP contribution in [0.1, 0.15) is 50.4 Å². The van der Waals surface area contributed by atoms with Crippen molar-refractivity contribution in [2.24, 2.45) is 5.92 Å². The van der Waals surface area contributed by atoms with Crippen LogP contribution in [0.25, 0.3) is 0 Å². The first kappa shape index (κ1) is 15.7. The summed E-state index contributed by atoms with van der Waals surface area (Å²) in [5.41, 5.74) is 1.86. The zero-order valence-corrected chi connectivity index (χ0v) is 13.8. The number of aromatic nitrogens is 2. The van der Waals surface area contributed by atoms with Crippen LogP contribution in [-0.2, 0) is 6.54 Å². The van der Waals surface area contributed by atoms with Crippen LogP contribution in [0.15, 0.2) is 6.07 Å². The van der Waals surface area contributed by atoms with Crippen molar-refractivity contribution in [3.63, 3.8) is 0 Å². The Morgan fingerprint density at radius 1 is 1.27 bits per heavy atom. The van der Waals surface area contributed by atoms with E-state index in [1.165, 1.54) is 32.1 Å². The molecule has 2 N–H and O–H groups in total. The molecule has 0 bridgehead atoms. The van der Waals surface area contributed by atoms with E-state index >= 15 is 0 Å². The van der Waals surface area contributed by atoms with Crippen molar-refractivity contribution in [2.75, 3.05) is 24.6 Å². The molecular formula is C17H28N4O. The van der Waals surface area contributed by atoms with Gasteiger partial charge in [0, 0.05) is 30.9 Å². The molecule has 1 aliphatic carbocycles. The van der Waals surface area contributed by atoms with Gasteiger partial charge in [0.1, 0.15) is 0 Å². The number of rotatable bonds is 6. The molecule has 22 heavy (non-hydrogen) atoms. The summed E-state index contributed by atoms with van der Waals surface area (Å²) >= 11 is 0. The number of nitrogens with one attached hydrogen (secondary N) is 1. The van der Waals surface area contributed by atoms with E-state index in [4.69, 9.17) is 4.98 Å². The fourth-order valence-electron chi connectivity index (χ4n) is 3.29. The maximum absolute atomic E-state index is 9.68. The number of aliphatic hydroxyl groups excluding tert-OH is 1. The zero-order valence-electron chi connectivity index (χ0n) is 13.8. The van der Waals surface area contributed by atoms with Crippen LogP contribution in [0, 0.1) is 12.8 Å². The van der Waals surface area contributed by atoms with E-state index in [9.17, 15) is 5.11 Å². The summed E-state index contributed by atoms with van der Waals surface area (Å²) in [6, 6.07) is 2.05. The van der Waals surface area contributed by atoms with Gasteiger partial charge in [0.05, 0.1) is 12.3 Å². The molecule has 0 aromatic carbocycles. The second-order valence-corrected chi connectivity index (χ2v) is 7.05. The summed E-state index contributed by atoms with van der Waals surface area (Å²) in [7, 11) is 0. The first-order valence-corrected chi connectivity index (χ1v) is 8.56. The lowest BCUT2D eigenvalue weighted by molar-refractivity contribution is 0.153. The molecule has 0 amide bonds. The van der Waals surface area contributed by atoms with Crippen LogP contribution >= 0.6 is 0 Å². The number of anilines is 1. The van der Waals surface area contributed by atoms with E-state index in [-0.39, 0.29) is 12.1 Å². The lowest BCUT2D eigenvalue weighted by Gasteiger charge is -2.30. The molecule has 2 fully saturated rings. The number of aryl methyl sites for hydroxylation is 1. The van der Waals surface area contributed by atoms with E-state index in [2.05, 4.69) is 22.1 Å². The summed E-state index contributed by atoms with van der Waals surface area (Å²) in [4.78, 5) is 11.7. The third kappa shape index (κ3) is 3.58. The van der Waals surface area contributed by atoms with Gasteiger partial charge in [-0.3, -0.25) is 0 Å². The quantitative estimate of drug-likeness (QED) is 0.842. The Kier molecular flexibility index (Phi) is 4.64. The first-order chi connectivity index (χ1) is 10.6. The second kappa shape index (κ2) is 6.50. The third-order valence-electron chi connectivity index (χ3n) is 5.01. The average molecular weight is 304 g/mol. The van der Waals surface area contributed by atoms with Crippen molar-refractivity contribution in [2.45, 2.75) is 58.0 Å². The summed E-state index contributed by atoms with van der Waals surface area (Å²) in [6.07, 6.45) is 6.20. The van der Waals surface area contributed by atoms with E-state index in [1.807, 2.05) is 13.0 Å². The minimum Gasteiger partial charge on any atom is -0.394 e. The van der Waals surface area contributed by atoms with Crippen molar-refractivity contribution in [1.29, 1.82) is 0 Å². The fourth-order valence-corrected chi connectivity index (χ4v) is 3.29. The van der Waals surface area contributed by atoms with Crippen molar-refractivity contribution < 1.29 is 5.11 Å². The molecule has 5 heteroatoms. The van der Waals surface area contributed by atoms with Gasteiger partial charge in [-0.05, 0) is 57.9 Å². The lowest BCUT2D eigenvalue weighted by Crippen LogP contribution is -2.47. The Bertz CT molecular complexity index is 511. The van der Waals surface area contributed by atoms with Crippen LogP contribution < -0.4 is 10.2 Å². The van der Waals surface area contributed by atoms with Crippen molar-refractivity contribution in [3.8, 4) is 0 Å². The molecule has 122 valence electrons. The van der Waals surface area contributed by atoms with Gasteiger partial charge in [0.15, 0.2) is 0 Å². The molecule has 0 spiro atoms. The predicted octanol–water partition coefficient (Wildman–Crippen LogP) is 2.03. The smallest absolute Gasteiger partial charge is 0.225 e. The van der Waals surface area contributed by atoms with Gasteiger partial charge in [-0.1, -0.05) is 0 Å². The minimum atomic E-state index is -0.176. The highest BCUT2D eigenvalue weighted by Gasteiger charge is 2.40. The van der Waals surface area contributed by atoms with Gasteiger partial charge < -0.3 is 15.3 Å². The van der Waals surface area contributed by atoms with Crippen molar-refractivity contribution in [1.82, 2.24) is 15.3 Å². The molecule has 3 rings (SSSR count). The van der Waals surface area contributed by atoms with Crippen molar-refractivity contribution in [3.05, 3.63) is 17.5 Å². The fraction of sp³-hybridized carbons (Fsp3) is 0.765. The van der Waals surface area contributed by atoms with Crippen molar-refractivity contribution >= 4 is 5.95 Å². The molecule has 1 unspecified atom stereocenters. The van der Waals surface area contributed by atoms with Gasteiger partial charge in [0.2, 0.25) is 5.95 Å². The zero-order chi connectivity index (χ0) is 15.6. The highest BCUT2D eigenvalue weighted by atomic mass is 16.3. The lowest BCUT2D eigenvalue weighted by atomic mass is 9.97. The number of hydrogen-bond donors (Lipinski definition) is 2. The molecule has 2 heterocycles. The molecule has 1 aromatic rings. The molecule has 1 aliphatic heterocycles. The molecule has 0 radical (unpaired) electrons. The molecule has 1 saturated heterocycles. The van der Waals surface area contributed by atoms with Gasteiger partial charge in [-0.15, -0.1) is 0 Å². The van der Waals surface area contributed by atoms with E-state index < -0.39 is 0 Å². The molecular weight excluding hydrogens is 276 g/mol. The second-order valence-electron chi connectivity index (χ2n) is 7.05. The normalized spacial score (nSPS) is 21.7. The molecule has 2 aliphatic rings. The Morgan fingerprint density at radius 2 is 2.00 bits per heavy atom. The Labute approximate surface area is 133 Å². The first-order valence-electron chi connectivity index (χ1n) is 8.56. The monoisotopic (exact) mass is 304 g/mol. The van der Waals surface area contributed by atoms with Crippen LogP contribution in [0.3, 0.4) is 0 Å². The van der Waals surface area contributed by atoms with Crippen LogP contribution in [0.5, 0.6) is 0 Å². The van der Waals surface area contributed by atoms with Crippen LogP contribution in [-0.4, -0.2) is 40.3 Å². The largest absolute Gasteiger partial charge is 0.394 e. The summed E-state index contributed by atoms with van der Waals surface area (Å²) in [5.74, 6) is 1.47. The molecule has 5 nitrogen and oxygen atoms in total. The number of hydrogen-bond acceptors (Lipinski definition) is 5. The SMILES string of the molecule is Cc1cc(CNC(C)(CO)C2CC2)nc(N2CCCCC2)n1. The van der Waals surface area contributed by atoms with E-state index in [1.54, 1.807) is 0 Å². The Morgan fingerprint density at radius 3 is 2.64 bits per heavy atom. The molecule has 1 aromatic heterocycles. The van der Waals surface area contributed by atoms with Crippen LogP contribution in [0.4, 0.5) is 5.95 Å². The standard InChI is InChI=1S/C17H28N4O/c1-13-10-15(11-18-17(2,12-22)14-6-7-14)20-16(19-13)21-8-4-3-5-9-21/h10,14,18,22H,3-9,11-12H2,1-2H3. The summed E-state index contributed by atoms with van der Waals surface area (Å²) < 4.78 is 0. The summed E-state index contributed by atoms with van der Waals surface area (Å²) in [5, 5.41) is 13.2. The van der Waals surface area contributed by atoms with Crippen LogP contribution in [0.2, 0.25) is 0 Å². The van der Waals surface area contributed by atoms with Gasteiger partial charge in [-0.2, -0.15) is 0 Å². The maximum atomic E-state index is 9.68. The number of aliphatic hydroxyl groups is 1. The average Bonchev–Trinajstić information content (AvgIpc) is 3.38. The maximum Gasteiger partial charge on any atom is 0.225 e. The predicted molar refractivity (Wildman–Crippen MR) is 87.9 cm³/mol. The van der Waals surface area contributed by atoms with Gasteiger partial charge in [-0.25, -0.2) is 9.97 Å². The van der Waals surface area contributed by atoms with E-state index in [0.29, 0.717) is 12.5 Å². The Hall–Kier alpha value is -1.20. The minimum absolute atomic E-state index is 0.176. The highest BCUT2D eigenvalue weighted by molar-refractivity contribution is 5.32. The number of nitrogens with zero attached hydrogens (tertiary/aromatic N) is 3. The molecule has 1 atom stereocenters. The summed E-state index contributed by atoms with van der Waals surface area (Å²) in [6.45, 7) is 7.15. The van der Waals surface area contributed by atoms with E-state index in [0.717, 1.165) is 30.4 Å².